The number of halogens is 1. The second-order valence-electron chi connectivity index (χ2n) is 5.18. The lowest BCUT2D eigenvalue weighted by atomic mass is 10.1. The van der Waals surface area contributed by atoms with E-state index < -0.39 is 0 Å². The summed E-state index contributed by atoms with van der Waals surface area (Å²) < 4.78 is 0. The van der Waals surface area contributed by atoms with Crippen LogP contribution >= 0.6 is 11.6 Å². The molecule has 0 spiro atoms. The Morgan fingerprint density at radius 3 is 2.29 bits per heavy atom. The minimum absolute atomic E-state index is 0.0980. The van der Waals surface area contributed by atoms with Crippen molar-refractivity contribution in [3.63, 3.8) is 0 Å². The fraction of sp³-hybridized carbons (Fsp3) is 0.0556. The number of hydrogen-bond acceptors (Lipinski definition) is 4. The van der Waals surface area contributed by atoms with Gasteiger partial charge in [-0.15, -0.1) is 0 Å². The molecule has 0 fully saturated rings. The van der Waals surface area contributed by atoms with Crippen molar-refractivity contribution in [1.82, 2.24) is 9.97 Å². The van der Waals surface area contributed by atoms with Gasteiger partial charge in [0.05, 0.1) is 5.69 Å². The highest BCUT2D eigenvalue weighted by atomic mass is 35.5. The Hall–Kier alpha value is -2.92. The molecule has 0 atom stereocenters. The molecule has 0 saturated heterocycles. The van der Waals surface area contributed by atoms with Crippen LogP contribution in [0, 0.1) is 0 Å². The van der Waals surface area contributed by atoms with E-state index in [9.17, 15) is 4.79 Å². The van der Waals surface area contributed by atoms with Gasteiger partial charge < -0.3 is 10.6 Å². The molecular weight excluding hydrogens is 324 g/mol. The van der Waals surface area contributed by atoms with Crippen LogP contribution in [0.4, 0.5) is 17.2 Å². The van der Waals surface area contributed by atoms with Crippen molar-refractivity contribution in [1.29, 1.82) is 0 Å². The van der Waals surface area contributed by atoms with Gasteiger partial charge in [-0.2, -0.15) is 0 Å². The number of amides is 1. The molecule has 0 aliphatic carbocycles. The largest absolute Gasteiger partial charge is 0.340 e. The molecule has 2 aromatic carbocycles. The third-order valence-electron chi connectivity index (χ3n) is 3.28. The summed E-state index contributed by atoms with van der Waals surface area (Å²) in [6, 6.07) is 16.7. The summed E-state index contributed by atoms with van der Waals surface area (Å²) >= 11 is 5.91. The molecule has 0 bridgehead atoms. The van der Waals surface area contributed by atoms with Crippen LogP contribution in [0.3, 0.4) is 0 Å². The number of rotatable bonds is 4. The van der Waals surface area contributed by atoms with Crippen LogP contribution in [-0.4, -0.2) is 15.9 Å². The summed E-state index contributed by atoms with van der Waals surface area (Å²) in [5.41, 5.74) is 3.38. The van der Waals surface area contributed by atoms with Crippen LogP contribution < -0.4 is 10.6 Å². The van der Waals surface area contributed by atoms with E-state index in [4.69, 9.17) is 11.6 Å². The average molecular weight is 339 g/mol. The fourth-order valence-electron chi connectivity index (χ4n) is 2.19. The quantitative estimate of drug-likeness (QED) is 0.735. The van der Waals surface area contributed by atoms with E-state index in [0.717, 1.165) is 22.6 Å². The Balaban J connectivity index is 1.77. The van der Waals surface area contributed by atoms with Crippen LogP contribution in [0.1, 0.15) is 6.92 Å². The monoisotopic (exact) mass is 338 g/mol. The average Bonchev–Trinajstić information content (AvgIpc) is 2.57. The van der Waals surface area contributed by atoms with Gasteiger partial charge in [0, 0.05) is 35.0 Å². The summed E-state index contributed by atoms with van der Waals surface area (Å²) in [5.74, 6) is 0.585. The number of anilines is 3. The first-order valence-corrected chi connectivity index (χ1v) is 7.70. The maximum absolute atomic E-state index is 11.0. The van der Waals surface area contributed by atoms with Crippen LogP contribution in [0.5, 0.6) is 0 Å². The van der Waals surface area contributed by atoms with E-state index in [0.29, 0.717) is 10.8 Å². The highest BCUT2D eigenvalue weighted by Gasteiger charge is 2.03. The summed E-state index contributed by atoms with van der Waals surface area (Å²) in [6.45, 7) is 1.48. The number of carbonyl (C=O) groups excluding carboxylic acids is 1. The Labute approximate surface area is 144 Å². The summed E-state index contributed by atoms with van der Waals surface area (Å²) in [4.78, 5) is 19.5. The Morgan fingerprint density at radius 1 is 0.958 bits per heavy atom. The van der Waals surface area contributed by atoms with Crippen molar-refractivity contribution < 1.29 is 4.79 Å². The van der Waals surface area contributed by atoms with Gasteiger partial charge in [-0.3, -0.25) is 4.79 Å². The summed E-state index contributed by atoms with van der Waals surface area (Å²) in [6.07, 6.45) is 1.51. The van der Waals surface area contributed by atoms with Gasteiger partial charge in [-0.25, -0.2) is 9.97 Å². The molecule has 120 valence electrons. The number of hydrogen-bond donors (Lipinski definition) is 2. The van der Waals surface area contributed by atoms with Gasteiger partial charge in [0.25, 0.3) is 0 Å². The van der Waals surface area contributed by atoms with Crippen molar-refractivity contribution in [2.24, 2.45) is 0 Å². The highest BCUT2D eigenvalue weighted by molar-refractivity contribution is 6.30. The first-order valence-electron chi connectivity index (χ1n) is 7.33. The molecule has 6 heteroatoms. The first-order chi connectivity index (χ1) is 11.6. The number of nitrogens with one attached hydrogen (secondary N) is 2. The summed E-state index contributed by atoms with van der Waals surface area (Å²) in [5, 5.41) is 6.63. The number of benzene rings is 2. The normalized spacial score (nSPS) is 10.2. The minimum Gasteiger partial charge on any atom is -0.340 e. The molecule has 2 N–H and O–H groups in total. The number of nitrogens with zero attached hydrogens (tertiary/aromatic N) is 2. The predicted octanol–water partition coefficient (Wildman–Crippen LogP) is 4.50. The maximum atomic E-state index is 11.0. The standard InChI is InChI=1S/C18H15ClN4O/c1-12(24)22-15-6-8-16(9-7-15)23-18-10-17(20-11-21-18)13-2-4-14(19)5-3-13/h2-11H,1H3,(H,22,24)(H,20,21,23). The van der Waals surface area contributed by atoms with E-state index >= 15 is 0 Å². The van der Waals surface area contributed by atoms with Gasteiger partial charge >= 0.3 is 0 Å². The van der Waals surface area contributed by atoms with E-state index in [-0.39, 0.29) is 5.91 Å². The molecule has 1 aromatic heterocycles. The SMILES string of the molecule is CC(=O)Nc1ccc(Nc2cc(-c3ccc(Cl)cc3)ncn2)cc1. The summed E-state index contributed by atoms with van der Waals surface area (Å²) in [7, 11) is 0. The van der Waals surface area contributed by atoms with Crippen molar-refractivity contribution in [3.8, 4) is 11.3 Å². The molecule has 24 heavy (non-hydrogen) atoms. The minimum atomic E-state index is -0.0980. The van der Waals surface area contributed by atoms with E-state index in [2.05, 4.69) is 20.6 Å². The molecule has 5 nitrogen and oxygen atoms in total. The molecule has 0 aliphatic rings. The van der Waals surface area contributed by atoms with Crippen molar-refractivity contribution in [2.75, 3.05) is 10.6 Å². The molecule has 1 heterocycles. The van der Waals surface area contributed by atoms with E-state index in [1.165, 1.54) is 13.3 Å². The van der Waals surface area contributed by atoms with Gasteiger partial charge in [0.1, 0.15) is 12.1 Å². The third kappa shape index (κ3) is 4.08. The Bertz CT molecular complexity index is 848. The van der Waals surface area contributed by atoms with Crippen LogP contribution in [-0.2, 0) is 4.79 Å². The van der Waals surface area contributed by atoms with Gasteiger partial charge in [-0.1, -0.05) is 23.7 Å². The lowest BCUT2D eigenvalue weighted by molar-refractivity contribution is -0.114. The first kappa shape index (κ1) is 16.0. The molecule has 1 amide bonds. The number of carbonyl (C=O) groups is 1. The van der Waals surface area contributed by atoms with Crippen LogP contribution in [0.25, 0.3) is 11.3 Å². The second-order valence-corrected chi connectivity index (χ2v) is 5.62. The van der Waals surface area contributed by atoms with Crippen LogP contribution in [0.2, 0.25) is 5.02 Å². The molecule has 0 aliphatic heterocycles. The Morgan fingerprint density at radius 2 is 1.62 bits per heavy atom. The zero-order chi connectivity index (χ0) is 16.9. The fourth-order valence-corrected chi connectivity index (χ4v) is 2.32. The zero-order valence-corrected chi connectivity index (χ0v) is 13.7. The molecule has 3 aromatic rings. The predicted molar refractivity (Wildman–Crippen MR) is 96.5 cm³/mol. The lowest BCUT2D eigenvalue weighted by Crippen LogP contribution is -2.05. The van der Waals surface area contributed by atoms with Crippen molar-refractivity contribution >= 4 is 34.7 Å². The Kier molecular flexibility index (Phi) is 4.72. The third-order valence-corrected chi connectivity index (χ3v) is 3.54. The zero-order valence-electron chi connectivity index (χ0n) is 13.0. The van der Waals surface area contributed by atoms with E-state index in [1.54, 1.807) is 0 Å². The second kappa shape index (κ2) is 7.10. The molecule has 0 saturated carbocycles. The molecule has 0 radical (unpaired) electrons. The van der Waals surface area contributed by atoms with Gasteiger partial charge in [0.2, 0.25) is 5.91 Å². The van der Waals surface area contributed by atoms with Crippen molar-refractivity contribution in [2.45, 2.75) is 6.92 Å². The van der Waals surface area contributed by atoms with Gasteiger partial charge in [0.15, 0.2) is 0 Å². The van der Waals surface area contributed by atoms with E-state index in [1.807, 2.05) is 54.6 Å². The number of aromatic nitrogens is 2. The highest BCUT2D eigenvalue weighted by Crippen LogP contribution is 2.23. The van der Waals surface area contributed by atoms with Gasteiger partial charge in [-0.05, 0) is 36.4 Å². The topological polar surface area (TPSA) is 66.9 Å². The smallest absolute Gasteiger partial charge is 0.221 e. The lowest BCUT2D eigenvalue weighted by Gasteiger charge is -2.08. The molecular formula is C18H15ClN4O. The molecule has 0 unspecified atom stereocenters. The van der Waals surface area contributed by atoms with Crippen molar-refractivity contribution in [3.05, 3.63) is 65.9 Å². The van der Waals surface area contributed by atoms with Crippen LogP contribution in [0.15, 0.2) is 60.9 Å². The maximum Gasteiger partial charge on any atom is 0.221 e. The molecule has 3 rings (SSSR count).